The van der Waals surface area contributed by atoms with Crippen molar-refractivity contribution in [3.8, 4) is 17.2 Å². The maximum absolute atomic E-state index is 13.8. The second-order valence-corrected chi connectivity index (χ2v) is 11.9. The van der Waals surface area contributed by atoms with E-state index < -0.39 is 5.60 Å². The van der Waals surface area contributed by atoms with Crippen LogP contribution in [-0.2, 0) is 13.6 Å². The minimum atomic E-state index is -1.01. The Hall–Kier alpha value is -5.02. The smallest absolute Gasteiger partial charge is 0.323 e. The molecule has 2 amide bonds. The molecule has 12 heteroatoms. The van der Waals surface area contributed by atoms with Gasteiger partial charge in [-0.25, -0.2) is 14.8 Å². The van der Waals surface area contributed by atoms with Gasteiger partial charge in [0.05, 0.1) is 24.0 Å². The fraction of sp³-hybridized carbons (Fsp3) is 0.412. The van der Waals surface area contributed by atoms with E-state index in [9.17, 15) is 15.2 Å². The number of carbonyl (C=O) groups excluding carboxylic acids is 1. The van der Waals surface area contributed by atoms with Crippen LogP contribution < -0.4 is 20.9 Å². The lowest BCUT2D eigenvalue weighted by Gasteiger charge is -2.31. The number of aromatic nitrogens is 5. The van der Waals surface area contributed by atoms with Crippen molar-refractivity contribution >= 4 is 23.6 Å². The quantitative estimate of drug-likeness (QED) is 0.126. The number of hydrogen-bond donors (Lipinski definition) is 4. The third-order valence-electron chi connectivity index (χ3n) is 7.84. The zero-order valence-electron chi connectivity index (χ0n) is 27.2. The summed E-state index contributed by atoms with van der Waals surface area (Å²) >= 11 is 0. The van der Waals surface area contributed by atoms with Crippen LogP contribution >= 0.6 is 0 Å². The highest BCUT2D eigenvalue weighted by atomic mass is 16.3. The molecule has 0 saturated heterocycles. The summed E-state index contributed by atoms with van der Waals surface area (Å²) in [5, 5.41) is 33.6. The number of urea groups is 1. The van der Waals surface area contributed by atoms with Gasteiger partial charge in [-0.05, 0) is 57.7 Å². The summed E-state index contributed by atoms with van der Waals surface area (Å²) in [6, 6.07) is 15.1. The number of aliphatic hydroxyl groups is 1. The number of nitriles is 1. The largest absolute Gasteiger partial charge is 0.388 e. The first-order valence-electron chi connectivity index (χ1n) is 15.6. The lowest BCUT2D eigenvalue weighted by Crippen LogP contribution is -2.47. The highest BCUT2D eigenvalue weighted by Crippen LogP contribution is 2.25. The molecular weight excluding hydrogens is 580 g/mol. The molecule has 0 aliphatic rings. The molecule has 4 rings (SSSR count). The molecule has 12 nitrogen and oxygen atoms in total. The van der Waals surface area contributed by atoms with Gasteiger partial charge in [-0.2, -0.15) is 15.3 Å². The Labute approximate surface area is 270 Å². The van der Waals surface area contributed by atoms with E-state index in [1.54, 1.807) is 35.8 Å². The summed E-state index contributed by atoms with van der Waals surface area (Å²) in [6.45, 7) is 8.28. The second kappa shape index (κ2) is 15.8. The summed E-state index contributed by atoms with van der Waals surface area (Å²) in [5.41, 5.74) is 2.18. The van der Waals surface area contributed by atoms with Crippen LogP contribution in [-0.4, -0.2) is 60.1 Å². The van der Waals surface area contributed by atoms with Crippen molar-refractivity contribution in [2.45, 2.75) is 77.6 Å². The second-order valence-electron chi connectivity index (χ2n) is 11.9. The first-order valence-corrected chi connectivity index (χ1v) is 15.6. The highest BCUT2D eigenvalue weighted by molar-refractivity contribution is 5.91. The highest BCUT2D eigenvalue weighted by Gasteiger charge is 2.26. The summed E-state index contributed by atoms with van der Waals surface area (Å²) in [5.74, 6) is 1.32. The minimum absolute atomic E-state index is 0.105. The standard InChI is InChI=1S/C34H44N10O2/c1-6-11-29(14-10-17-36-32-38-21-27(18-35)31(42-32)41-24(2)34(3,4)46)44(33(45)39-19-25-12-8-7-9-13-25)30-16-15-26(20-37-30)28-22-40-43(5)23-28/h7-9,12-13,15-16,20-24,29,46H,6,10-11,14,17,19H2,1-5H3,(H,39,45)(H2,36,38,41,42)/t24?,29-/m0/s1. The average molecular weight is 625 g/mol. The number of aryl methyl sites for hydroxylation is 1. The van der Waals surface area contributed by atoms with Crippen molar-refractivity contribution < 1.29 is 9.90 Å². The van der Waals surface area contributed by atoms with Gasteiger partial charge in [0, 0.05) is 49.7 Å². The molecular formula is C34H44N10O2. The van der Waals surface area contributed by atoms with Crippen LogP contribution in [0, 0.1) is 11.3 Å². The van der Waals surface area contributed by atoms with Gasteiger partial charge in [-0.15, -0.1) is 0 Å². The van der Waals surface area contributed by atoms with E-state index in [4.69, 9.17) is 4.98 Å². The van der Waals surface area contributed by atoms with Crippen LogP contribution in [0.3, 0.4) is 0 Å². The lowest BCUT2D eigenvalue weighted by molar-refractivity contribution is 0.0647. The number of rotatable bonds is 15. The molecule has 4 N–H and O–H groups in total. The third-order valence-corrected chi connectivity index (χ3v) is 7.84. The number of nitrogens with one attached hydrogen (secondary N) is 3. The topological polar surface area (TPSA) is 157 Å². The average Bonchev–Trinajstić information content (AvgIpc) is 3.48. The molecule has 1 aromatic carbocycles. The Morgan fingerprint density at radius 2 is 1.87 bits per heavy atom. The normalized spacial score (nSPS) is 12.5. The van der Waals surface area contributed by atoms with Crippen molar-refractivity contribution in [2.24, 2.45) is 7.05 Å². The molecule has 1 unspecified atom stereocenters. The van der Waals surface area contributed by atoms with Gasteiger partial charge in [0.25, 0.3) is 0 Å². The van der Waals surface area contributed by atoms with E-state index in [1.165, 1.54) is 6.20 Å². The molecule has 2 atom stereocenters. The molecule has 3 aromatic heterocycles. The predicted molar refractivity (Wildman–Crippen MR) is 180 cm³/mol. The van der Waals surface area contributed by atoms with E-state index in [-0.39, 0.29) is 18.1 Å². The molecule has 3 heterocycles. The van der Waals surface area contributed by atoms with E-state index in [1.807, 2.05) is 62.6 Å². The van der Waals surface area contributed by atoms with Crippen LogP contribution in [0.1, 0.15) is 64.5 Å². The molecule has 4 aromatic rings. The monoisotopic (exact) mass is 624 g/mol. The first kappa shape index (κ1) is 33.9. The van der Waals surface area contributed by atoms with Gasteiger partial charge < -0.3 is 21.1 Å². The van der Waals surface area contributed by atoms with Crippen molar-refractivity contribution in [1.29, 1.82) is 5.26 Å². The summed E-state index contributed by atoms with van der Waals surface area (Å²) in [4.78, 5) is 29.1. The number of hydrogen-bond acceptors (Lipinski definition) is 9. The number of anilines is 3. The van der Waals surface area contributed by atoms with Crippen LogP contribution in [0.25, 0.3) is 11.1 Å². The van der Waals surface area contributed by atoms with Gasteiger partial charge in [0.15, 0.2) is 0 Å². The van der Waals surface area contributed by atoms with Gasteiger partial charge in [-0.3, -0.25) is 9.58 Å². The van der Waals surface area contributed by atoms with Crippen molar-refractivity contribution in [1.82, 2.24) is 30.0 Å². The maximum atomic E-state index is 13.8. The Morgan fingerprint density at radius 1 is 1.09 bits per heavy atom. The molecule has 0 bridgehead atoms. The molecule has 0 aliphatic carbocycles. The minimum Gasteiger partial charge on any atom is -0.388 e. The Kier molecular flexibility index (Phi) is 11.6. The zero-order valence-corrected chi connectivity index (χ0v) is 27.2. The number of pyridine rings is 1. The van der Waals surface area contributed by atoms with Gasteiger partial charge in [0.1, 0.15) is 23.3 Å². The Balaban J connectivity index is 1.48. The molecule has 46 heavy (non-hydrogen) atoms. The Bertz CT molecular complexity index is 1590. The number of nitrogens with zero attached hydrogens (tertiary/aromatic N) is 7. The summed E-state index contributed by atoms with van der Waals surface area (Å²) in [7, 11) is 1.87. The molecule has 0 fully saturated rings. The predicted octanol–water partition coefficient (Wildman–Crippen LogP) is 5.49. The molecule has 0 aliphatic heterocycles. The van der Waals surface area contributed by atoms with E-state index in [0.29, 0.717) is 42.7 Å². The van der Waals surface area contributed by atoms with Crippen LogP contribution in [0.5, 0.6) is 0 Å². The fourth-order valence-corrected chi connectivity index (χ4v) is 4.90. The summed E-state index contributed by atoms with van der Waals surface area (Å²) in [6.07, 6.45) is 10.1. The van der Waals surface area contributed by atoms with E-state index in [2.05, 4.69) is 44.0 Å². The molecule has 0 saturated carbocycles. The van der Waals surface area contributed by atoms with Gasteiger partial charge >= 0.3 is 6.03 Å². The zero-order chi connectivity index (χ0) is 33.1. The van der Waals surface area contributed by atoms with E-state index >= 15 is 0 Å². The van der Waals surface area contributed by atoms with Crippen molar-refractivity contribution in [2.75, 3.05) is 22.1 Å². The number of benzene rings is 1. The van der Waals surface area contributed by atoms with Crippen LogP contribution in [0.2, 0.25) is 0 Å². The van der Waals surface area contributed by atoms with Crippen LogP contribution in [0.4, 0.5) is 22.4 Å². The molecule has 0 spiro atoms. The van der Waals surface area contributed by atoms with Crippen molar-refractivity contribution in [3.05, 3.63) is 78.4 Å². The van der Waals surface area contributed by atoms with Crippen molar-refractivity contribution in [3.63, 3.8) is 0 Å². The first-order chi connectivity index (χ1) is 22.1. The maximum Gasteiger partial charge on any atom is 0.323 e. The van der Waals surface area contributed by atoms with Crippen LogP contribution in [0.15, 0.2) is 67.3 Å². The third kappa shape index (κ3) is 9.25. The van der Waals surface area contributed by atoms with Gasteiger partial charge in [0.2, 0.25) is 5.95 Å². The van der Waals surface area contributed by atoms with Gasteiger partial charge in [-0.1, -0.05) is 43.7 Å². The number of carbonyl (C=O) groups is 1. The SMILES string of the molecule is CCC[C@@H](CCCNc1ncc(C#N)c(NC(C)C(C)(C)O)n1)N(C(=O)NCc1ccccc1)c1ccc(-c2cnn(C)c2)cn1. The number of amides is 2. The molecule has 242 valence electrons. The van der Waals surface area contributed by atoms with E-state index in [0.717, 1.165) is 36.0 Å². The molecule has 0 radical (unpaired) electrons. The summed E-state index contributed by atoms with van der Waals surface area (Å²) < 4.78 is 1.74. The lowest BCUT2D eigenvalue weighted by atomic mass is 10.0. The fourth-order valence-electron chi connectivity index (χ4n) is 4.90. The Morgan fingerprint density at radius 3 is 2.50 bits per heavy atom.